The van der Waals surface area contributed by atoms with Crippen molar-refractivity contribution in [3.05, 3.63) is 36.5 Å². The lowest BCUT2D eigenvalue weighted by atomic mass is 10.0. The molecule has 0 fully saturated rings. The minimum absolute atomic E-state index is 0.0221. The molecule has 0 aliphatic heterocycles. The lowest BCUT2D eigenvalue weighted by Gasteiger charge is -2.30. The number of amides is 1. The number of phosphoric ester groups is 1. The number of carbonyl (C=O) groups excluding carboxylic acids is 2. The Bertz CT molecular complexity index is 1170. The molecule has 0 aliphatic carbocycles. The number of phosphoric acid groups is 1. The first-order valence-electron chi connectivity index (χ1n) is 25.8. The Hall–Kier alpha value is -1.77. The first-order chi connectivity index (χ1) is 29.9. The summed E-state index contributed by atoms with van der Waals surface area (Å²) in [5.41, 5.74) is 0. The molecule has 0 saturated carbocycles. The van der Waals surface area contributed by atoms with E-state index in [1.807, 2.05) is 33.3 Å². The van der Waals surface area contributed by atoms with Gasteiger partial charge in [-0.05, 0) is 57.4 Å². The Kier molecular flexibility index (Phi) is 41.9. The third-order valence-corrected chi connectivity index (χ3v) is 12.3. The summed E-state index contributed by atoms with van der Waals surface area (Å²) in [4.78, 5) is 39.6. The topological polar surface area (TPSA) is 114 Å². The van der Waals surface area contributed by atoms with E-state index < -0.39 is 20.0 Å². The van der Waals surface area contributed by atoms with Crippen molar-refractivity contribution in [2.75, 3.05) is 40.9 Å². The number of nitrogens with zero attached hydrogens (tertiary/aromatic N) is 1. The Morgan fingerprint density at radius 2 is 1.03 bits per heavy atom. The van der Waals surface area contributed by atoms with Crippen molar-refractivity contribution in [1.29, 1.82) is 0 Å². The zero-order chi connectivity index (χ0) is 45.8. The predicted octanol–water partition coefficient (Wildman–Crippen LogP) is 14.2. The number of ether oxygens (including phenoxy) is 1. The molecular weight excluding hydrogens is 796 g/mol. The van der Waals surface area contributed by atoms with Gasteiger partial charge in [0, 0.05) is 12.8 Å². The number of rotatable bonds is 46. The van der Waals surface area contributed by atoms with Crippen molar-refractivity contribution >= 4 is 19.7 Å². The minimum atomic E-state index is -4.68. The van der Waals surface area contributed by atoms with Gasteiger partial charge >= 0.3 is 5.97 Å². The van der Waals surface area contributed by atoms with Crippen LogP contribution in [-0.4, -0.2) is 69.4 Å². The fourth-order valence-corrected chi connectivity index (χ4v) is 8.05. The third-order valence-electron chi connectivity index (χ3n) is 11.3. The van der Waals surface area contributed by atoms with Crippen molar-refractivity contribution in [1.82, 2.24) is 5.32 Å². The molecule has 0 aromatic heterocycles. The number of esters is 1. The molecule has 0 spiro atoms. The molecule has 3 unspecified atom stereocenters. The van der Waals surface area contributed by atoms with E-state index in [1.54, 1.807) is 0 Å². The molecule has 364 valence electrons. The van der Waals surface area contributed by atoms with Crippen molar-refractivity contribution < 1.29 is 37.3 Å². The number of likely N-dealkylation sites (N-methyl/N-ethyl adjacent to an activating group) is 1. The summed E-state index contributed by atoms with van der Waals surface area (Å²) in [5.74, 6) is -0.549. The highest BCUT2D eigenvalue weighted by Gasteiger charge is 2.27. The van der Waals surface area contributed by atoms with Gasteiger partial charge < -0.3 is 28.5 Å². The summed E-state index contributed by atoms with van der Waals surface area (Å²) >= 11 is 0. The van der Waals surface area contributed by atoms with Gasteiger partial charge in [0.15, 0.2) is 0 Å². The lowest BCUT2D eigenvalue weighted by Crippen LogP contribution is -2.47. The van der Waals surface area contributed by atoms with Gasteiger partial charge in [0.25, 0.3) is 7.82 Å². The molecule has 0 rings (SSSR count). The standard InChI is InChI=1S/C52H99N2O7P/c1-7-10-13-16-19-22-25-26-27-30-33-36-39-42-45-52(56)61-50(43-40-37-34-31-28-23-20-17-14-11-8-2)49(48-60-62(57,58)59-47-46-54(4,5)6)53-51(55)44-41-38-35-32-29-24-21-18-15-12-9-3/h10,13,19,22,40,43,49-50H,7-9,11-12,14-18,20-21,23-39,41-42,44-48H2,1-6H3,(H-,53,55,57,58)/b13-10+,22-19+,43-40+. The average Bonchev–Trinajstić information content (AvgIpc) is 3.22. The van der Waals surface area contributed by atoms with Gasteiger partial charge in [-0.1, -0.05) is 199 Å². The van der Waals surface area contributed by atoms with Crippen LogP contribution in [0.25, 0.3) is 0 Å². The van der Waals surface area contributed by atoms with Crippen LogP contribution in [0.2, 0.25) is 0 Å². The molecule has 1 amide bonds. The smallest absolute Gasteiger partial charge is 0.306 e. The molecule has 0 radical (unpaired) electrons. The first kappa shape index (κ1) is 60.2. The van der Waals surface area contributed by atoms with E-state index in [1.165, 1.54) is 116 Å². The highest BCUT2D eigenvalue weighted by atomic mass is 31.2. The van der Waals surface area contributed by atoms with E-state index in [0.717, 1.165) is 83.5 Å². The Balaban J connectivity index is 5.41. The molecule has 0 aliphatic rings. The number of quaternary nitrogens is 1. The summed E-state index contributed by atoms with van der Waals surface area (Å²) in [6.45, 7) is 6.71. The molecular formula is C52H99N2O7P. The second-order valence-corrected chi connectivity index (χ2v) is 20.1. The number of carbonyl (C=O) groups is 2. The zero-order valence-corrected chi connectivity index (χ0v) is 42.2. The molecule has 0 bridgehead atoms. The quantitative estimate of drug-likeness (QED) is 0.0213. The van der Waals surface area contributed by atoms with Crippen LogP contribution in [-0.2, 0) is 27.9 Å². The van der Waals surface area contributed by atoms with Gasteiger partial charge in [0.05, 0.1) is 33.8 Å². The number of hydrogen-bond donors (Lipinski definition) is 1. The molecule has 0 aromatic carbocycles. The molecule has 0 saturated heterocycles. The highest BCUT2D eigenvalue weighted by Crippen LogP contribution is 2.38. The van der Waals surface area contributed by atoms with E-state index in [0.29, 0.717) is 17.4 Å². The number of nitrogens with one attached hydrogen (secondary N) is 1. The molecule has 9 nitrogen and oxygen atoms in total. The SMILES string of the molecule is CC/C=C/C/C=C/CCCCCCCCCC(=O)OC(/C=C/CCCCCCCCCCC)C(COP(=O)([O-])OCC[N+](C)(C)C)NC(=O)CCCCCCCCCCCCC. The number of hydrogen-bond acceptors (Lipinski definition) is 7. The summed E-state index contributed by atoms with van der Waals surface area (Å²) < 4.78 is 30.1. The maximum Gasteiger partial charge on any atom is 0.306 e. The third kappa shape index (κ3) is 43.5. The monoisotopic (exact) mass is 895 g/mol. The number of unbranched alkanes of at least 4 members (excludes halogenated alkanes) is 26. The van der Waals surface area contributed by atoms with Gasteiger partial charge in [-0.25, -0.2) is 0 Å². The fourth-order valence-electron chi connectivity index (χ4n) is 7.32. The van der Waals surface area contributed by atoms with E-state index >= 15 is 0 Å². The zero-order valence-electron chi connectivity index (χ0n) is 41.3. The maximum atomic E-state index is 13.4. The Morgan fingerprint density at radius 1 is 0.581 bits per heavy atom. The lowest BCUT2D eigenvalue weighted by molar-refractivity contribution is -0.870. The van der Waals surface area contributed by atoms with Gasteiger partial charge in [-0.15, -0.1) is 0 Å². The molecule has 62 heavy (non-hydrogen) atoms. The summed E-state index contributed by atoms with van der Waals surface area (Å²) in [5, 5.41) is 3.00. The van der Waals surface area contributed by atoms with Gasteiger partial charge in [0.2, 0.25) is 5.91 Å². The van der Waals surface area contributed by atoms with Crippen molar-refractivity contribution in [3.8, 4) is 0 Å². The van der Waals surface area contributed by atoms with Crippen molar-refractivity contribution in [2.45, 2.75) is 245 Å². The van der Waals surface area contributed by atoms with E-state index in [4.69, 9.17) is 13.8 Å². The van der Waals surface area contributed by atoms with Crippen molar-refractivity contribution in [2.24, 2.45) is 0 Å². The second kappa shape index (κ2) is 43.1. The van der Waals surface area contributed by atoms with Crippen LogP contribution in [0.15, 0.2) is 36.5 Å². The van der Waals surface area contributed by atoms with Crippen LogP contribution in [0.4, 0.5) is 0 Å². The fraction of sp³-hybridized carbons (Fsp3) is 0.846. The van der Waals surface area contributed by atoms with E-state index in [9.17, 15) is 19.0 Å². The van der Waals surface area contributed by atoms with Gasteiger partial charge in [0.1, 0.15) is 19.3 Å². The van der Waals surface area contributed by atoms with Crippen LogP contribution in [0.5, 0.6) is 0 Å². The van der Waals surface area contributed by atoms with E-state index in [2.05, 4.69) is 50.4 Å². The molecule has 1 N–H and O–H groups in total. The molecule has 3 atom stereocenters. The van der Waals surface area contributed by atoms with Crippen LogP contribution in [0, 0.1) is 0 Å². The van der Waals surface area contributed by atoms with Gasteiger partial charge in [-0.3, -0.25) is 14.2 Å². The second-order valence-electron chi connectivity index (χ2n) is 18.6. The van der Waals surface area contributed by atoms with Crippen LogP contribution < -0.4 is 10.2 Å². The van der Waals surface area contributed by atoms with Gasteiger partial charge in [-0.2, -0.15) is 0 Å². The van der Waals surface area contributed by atoms with E-state index in [-0.39, 0.29) is 31.5 Å². The summed E-state index contributed by atoms with van der Waals surface area (Å²) in [7, 11) is 1.18. The largest absolute Gasteiger partial charge is 0.756 e. The maximum absolute atomic E-state index is 13.4. The molecule has 10 heteroatoms. The predicted molar refractivity (Wildman–Crippen MR) is 261 cm³/mol. The molecule has 0 heterocycles. The number of allylic oxidation sites excluding steroid dienone is 5. The summed E-state index contributed by atoms with van der Waals surface area (Å²) in [6.07, 6.45) is 48.2. The molecule has 0 aromatic rings. The van der Waals surface area contributed by atoms with Crippen LogP contribution in [0.1, 0.15) is 233 Å². The van der Waals surface area contributed by atoms with Crippen molar-refractivity contribution in [3.63, 3.8) is 0 Å². The minimum Gasteiger partial charge on any atom is -0.756 e. The first-order valence-corrected chi connectivity index (χ1v) is 27.3. The Morgan fingerprint density at radius 3 is 1.53 bits per heavy atom. The average molecular weight is 895 g/mol. The normalized spacial score (nSPS) is 14.2. The summed E-state index contributed by atoms with van der Waals surface area (Å²) in [6, 6.07) is -0.884. The van der Waals surface area contributed by atoms with Crippen LogP contribution >= 0.6 is 7.82 Å². The van der Waals surface area contributed by atoms with Crippen LogP contribution in [0.3, 0.4) is 0 Å². The Labute approximate surface area is 383 Å². The highest BCUT2D eigenvalue weighted by molar-refractivity contribution is 7.45.